The molecule has 66 valence electrons. The van der Waals surface area contributed by atoms with E-state index in [2.05, 4.69) is 17.0 Å². The fourth-order valence-corrected chi connectivity index (χ4v) is 1.65. The lowest BCUT2D eigenvalue weighted by molar-refractivity contribution is 0.324. The van der Waals surface area contributed by atoms with E-state index in [0.717, 1.165) is 0 Å². The largest absolute Gasteiger partial charge is 0.301 e. The Balaban J connectivity index is 2.80. The Morgan fingerprint density at radius 2 is 1.83 bits per heavy atom. The van der Waals surface area contributed by atoms with Gasteiger partial charge < -0.3 is 4.90 Å². The lowest BCUT2D eigenvalue weighted by Gasteiger charge is -2.21. The van der Waals surface area contributed by atoms with Crippen molar-refractivity contribution in [3.8, 4) is 0 Å². The summed E-state index contributed by atoms with van der Waals surface area (Å²) < 4.78 is 0. The molecule has 0 spiro atoms. The van der Waals surface area contributed by atoms with Gasteiger partial charge in [0.15, 0.2) is 0 Å². The third kappa shape index (κ3) is 2.23. The molecule has 0 bridgehead atoms. The Hall–Kier alpha value is -0.530. The normalized spacial score (nSPS) is 13.3. The lowest BCUT2D eigenvalue weighted by atomic mass is 10.1. The van der Waals surface area contributed by atoms with Gasteiger partial charge in [0.1, 0.15) is 0 Å². The van der Waals surface area contributed by atoms with E-state index < -0.39 is 0 Å². The van der Waals surface area contributed by atoms with E-state index >= 15 is 0 Å². The van der Waals surface area contributed by atoms with Crippen LogP contribution < -0.4 is 0 Å². The summed E-state index contributed by atoms with van der Waals surface area (Å²) in [4.78, 5) is 2.13. The first-order chi connectivity index (χ1) is 5.75. The van der Waals surface area contributed by atoms with Gasteiger partial charge in [-0.05, 0) is 19.7 Å². The summed E-state index contributed by atoms with van der Waals surface area (Å²) in [5.74, 6) is 0.636. The zero-order valence-corrected chi connectivity index (χ0v) is 8.25. The van der Waals surface area contributed by atoms with E-state index in [-0.39, 0.29) is 0 Å². The summed E-state index contributed by atoms with van der Waals surface area (Å²) in [5.41, 5.74) is 1.28. The minimum atomic E-state index is 0.327. The van der Waals surface area contributed by atoms with Gasteiger partial charge in [0.25, 0.3) is 0 Å². The maximum atomic E-state index is 5.86. The van der Waals surface area contributed by atoms with Gasteiger partial charge in [-0.15, -0.1) is 11.6 Å². The van der Waals surface area contributed by atoms with Crippen LogP contribution in [0.3, 0.4) is 0 Å². The summed E-state index contributed by atoms with van der Waals surface area (Å²) in [7, 11) is 4.08. The third-order valence-electron chi connectivity index (χ3n) is 1.95. The molecular formula is C10H14ClN. The molecule has 0 aliphatic rings. The number of halogens is 1. The second-order valence-electron chi connectivity index (χ2n) is 3.04. The number of alkyl halides is 1. The first-order valence-electron chi connectivity index (χ1n) is 4.03. The predicted molar refractivity (Wildman–Crippen MR) is 53.6 cm³/mol. The van der Waals surface area contributed by atoms with E-state index in [9.17, 15) is 0 Å². The smallest absolute Gasteiger partial charge is 0.0477 e. The number of rotatable bonds is 3. The van der Waals surface area contributed by atoms with E-state index in [0.29, 0.717) is 11.9 Å². The molecule has 0 fully saturated rings. The second kappa shape index (κ2) is 4.48. The van der Waals surface area contributed by atoms with Crippen molar-refractivity contribution in [1.82, 2.24) is 4.90 Å². The molecule has 0 aliphatic heterocycles. The summed E-state index contributed by atoms with van der Waals surface area (Å²) in [6.45, 7) is 0. The van der Waals surface area contributed by atoms with Crippen LogP contribution in [0.1, 0.15) is 11.6 Å². The molecule has 1 rings (SSSR count). The minimum Gasteiger partial charge on any atom is -0.301 e. The van der Waals surface area contributed by atoms with Crippen LogP contribution in [0.25, 0.3) is 0 Å². The molecule has 12 heavy (non-hydrogen) atoms. The zero-order chi connectivity index (χ0) is 8.97. The van der Waals surface area contributed by atoms with Crippen molar-refractivity contribution in [2.45, 2.75) is 6.04 Å². The molecule has 1 aromatic carbocycles. The van der Waals surface area contributed by atoms with Crippen LogP contribution in [0.2, 0.25) is 0 Å². The molecule has 1 aromatic rings. The Kier molecular flexibility index (Phi) is 3.57. The van der Waals surface area contributed by atoms with Crippen molar-refractivity contribution < 1.29 is 0 Å². The van der Waals surface area contributed by atoms with Crippen molar-refractivity contribution in [2.24, 2.45) is 0 Å². The summed E-state index contributed by atoms with van der Waals surface area (Å²) in [6.07, 6.45) is 0. The fourth-order valence-electron chi connectivity index (χ4n) is 1.20. The highest BCUT2D eigenvalue weighted by atomic mass is 35.5. The summed E-state index contributed by atoms with van der Waals surface area (Å²) in [6, 6.07) is 10.6. The highest BCUT2D eigenvalue weighted by Gasteiger charge is 2.10. The highest BCUT2D eigenvalue weighted by Crippen LogP contribution is 2.18. The molecule has 0 N–H and O–H groups in total. The molecule has 0 amide bonds. The van der Waals surface area contributed by atoms with Crippen LogP contribution in [-0.2, 0) is 0 Å². The molecule has 1 atom stereocenters. The van der Waals surface area contributed by atoms with Gasteiger partial charge in [-0.2, -0.15) is 0 Å². The zero-order valence-electron chi connectivity index (χ0n) is 7.50. The molecule has 0 aromatic heterocycles. The van der Waals surface area contributed by atoms with Gasteiger partial charge in [-0.3, -0.25) is 0 Å². The summed E-state index contributed by atoms with van der Waals surface area (Å²) in [5, 5.41) is 0. The molecule has 2 heteroatoms. The Bertz CT molecular complexity index is 221. The molecule has 1 nitrogen and oxygen atoms in total. The van der Waals surface area contributed by atoms with E-state index in [1.165, 1.54) is 5.56 Å². The van der Waals surface area contributed by atoms with Crippen LogP contribution in [0.5, 0.6) is 0 Å². The van der Waals surface area contributed by atoms with Gasteiger partial charge in [-0.1, -0.05) is 30.3 Å². The first kappa shape index (κ1) is 9.56. The quantitative estimate of drug-likeness (QED) is 0.651. The Morgan fingerprint density at radius 3 is 2.25 bits per heavy atom. The molecule has 0 unspecified atom stereocenters. The van der Waals surface area contributed by atoms with E-state index in [4.69, 9.17) is 11.6 Å². The molecular weight excluding hydrogens is 170 g/mol. The molecule has 0 saturated carbocycles. The van der Waals surface area contributed by atoms with Gasteiger partial charge in [-0.25, -0.2) is 0 Å². The Labute approximate surface area is 79.0 Å². The summed E-state index contributed by atoms with van der Waals surface area (Å²) >= 11 is 5.86. The predicted octanol–water partition coefficient (Wildman–Crippen LogP) is 2.53. The molecule has 0 saturated heterocycles. The van der Waals surface area contributed by atoms with E-state index in [1.54, 1.807) is 0 Å². The maximum absolute atomic E-state index is 5.86. The standard InChI is InChI=1S/C10H14ClN/c1-12(2)10(8-11)9-6-4-3-5-7-9/h3-7,10H,8H2,1-2H3/t10-/m1/s1. The molecule has 0 heterocycles. The monoisotopic (exact) mass is 183 g/mol. The fraction of sp³-hybridized carbons (Fsp3) is 0.400. The van der Waals surface area contributed by atoms with Crippen LogP contribution in [0.4, 0.5) is 0 Å². The number of benzene rings is 1. The van der Waals surface area contributed by atoms with Crippen molar-refractivity contribution >= 4 is 11.6 Å². The lowest BCUT2D eigenvalue weighted by Crippen LogP contribution is -2.21. The average molecular weight is 184 g/mol. The van der Waals surface area contributed by atoms with Crippen molar-refractivity contribution in [3.05, 3.63) is 35.9 Å². The third-order valence-corrected chi connectivity index (χ3v) is 2.25. The van der Waals surface area contributed by atoms with Gasteiger partial charge in [0.05, 0.1) is 0 Å². The molecule has 0 aliphatic carbocycles. The van der Waals surface area contributed by atoms with Crippen molar-refractivity contribution in [3.63, 3.8) is 0 Å². The van der Waals surface area contributed by atoms with Crippen LogP contribution in [0.15, 0.2) is 30.3 Å². The van der Waals surface area contributed by atoms with Gasteiger partial charge in [0.2, 0.25) is 0 Å². The topological polar surface area (TPSA) is 3.24 Å². The minimum absolute atomic E-state index is 0.327. The van der Waals surface area contributed by atoms with Crippen LogP contribution in [0, 0.1) is 0 Å². The highest BCUT2D eigenvalue weighted by molar-refractivity contribution is 6.18. The number of hydrogen-bond donors (Lipinski definition) is 0. The second-order valence-corrected chi connectivity index (χ2v) is 3.35. The van der Waals surface area contributed by atoms with Crippen molar-refractivity contribution in [1.29, 1.82) is 0 Å². The van der Waals surface area contributed by atoms with E-state index in [1.807, 2.05) is 32.3 Å². The van der Waals surface area contributed by atoms with Gasteiger partial charge >= 0.3 is 0 Å². The number of nitrogens with zero attached hydrogens (tertiary/aromatic N) is 1. The average Bonchev–Trinajstić information content (AvgIpc) is 2.07. The van der Waals surface area contributed by atoms with Crippen molar-refractivity contribution in [2.75, 3.05) is 20.0 Å². The number of hydrogen-bond acceptors (Lipinski definition) is 1. The Morgan fingerprint density at radius 1 is 1.25 bits per heavy atom. The van der Waals surface area contributed by atoms with Crippen LogP contribution in [-0.4, -0.2) is 24.9 Å². The molecule has 0 radical (unpaired) electrons. The first-order valence-corrected chi connectivity index (χ1v) is 4.56. The SMILES string of the molecule is CN(C)[C@H](CCl)c1ccccc1. The van der Waals surface area contributed by atoms with Crippen LogP contribution >= 0.6 is 11.6 Å². The maximum Gasteiger partial charge on any atom is 0.0477 e. The van der Waals surface area contributed by atoms with Gasteiger partial charge in [0, 0.05) is 11.9 Å².